The van der Waals surface area contributed by atoms with Crippen molar-refractivity contribution in [1.82, 2.24) is 4.98 Å². The van der Waals surface area contributed by atoms with Crippen molar-refractivity contribution in [3.63, 3.8) is 0 Å². The van der Waals surface area contributed by atoms with E-state index >= 15 is 0 Å². The molecule has 0 radical (unpaired) electrons. The Balaban J connectivity index is 1.50. The maximum absolute atomic E-state index is 12.8. The first-order chi connectivity index (χ1) is 14.6. The number of hydrogen-bond donors (Lipinski definition) is 3. The quantitative estimate of drug-likeness (QED) is 0.444. The van der Waals surface area contributed by atoms with E-state index in [0.29, 0.717) is 48.7 Å². The SMILES string of the molecule is Cc1sc(NC(=O)c2ccccc2NC(=O)CCOCCOCCN)nc1C1CC1. The van der Waals surface area contributed by atoms with Gasteiger partial charge in [0.25, 0.3) is 5.91 Å². The van der Waals surface area contributed by atoms with Crippen molar-refractivity contribution in [2.24, 2.45) is 5.73 Å². The lowest BCUT2D eigenvalue weighted by molar-refractivity contribution is -0.117. The summed E-state index contributed by atoms with van der Waals surface area (Å²) in [5.74, 6) is 0.0162. The van der Waals surface area contributed by atoms with Gasteiger partial charge in [0.15, 0.2) is 5.13 Å². The van der Waals surface area contributed by atoms with Crippen LogP contribution in [0.3, 0.4) is 0 Å². The largest absolute Gasteiger partial charge is 0.379 e. The zero-order valence-electron chi connectivity index (χ0n) is 17.1. The Labute approximate surface area is 180 Å². The van der Waals surface area contributed by atoms with Crippen LogP contribution in [0.2, 0.25) is 0 Å². The van der Waals surface area contributed by atoms with Gasteiger partial charge in [-0.15, -0.1) is 11.3 Å². The molecular weight excluding hydrogens is 404 g/mol. The van der Waals surface area contributed by atoms with Crippen LogP contribution in [0.1, 0.15) is 46.1 Å². The number of aryl methyl sites for hydroxylation is 1. The lowest BCUT2D eigenvalue weighted by atomic mass is 10.1. The van der Waals surface area contributed by atoms with Crippen LogP contribution in [-0.2, 0) is 14.3 Å². The maximum atomic E-state index is 12.8. The summed E-state index contributed by atoms with van der Waals surface area (Å²) in [5.41, 5.74) is 7.27. The number of hydrogen-bond acceptors (Lipinski definition) is 7. The van der Waals surface area contributed by atoms with Gasteiger partial charge in [-0.05, 0) is 31.9 Å². The minimum absolute atomic E-state index is 0.184. The van der Waals surface area contributed by atoms with Gasteiger partial charge in [-0.2, -0.15) is 0 Å². The third-order valence-electron chi connectivity index (χ3n) is 4.57. The average molecular weight is 433 g/mol. The van der Waals surface area contributed by atoms with E-state index < -0.39 is 0 Å². The first kappa shape index (κ1) is 22.4. The topological polar surface area (TPSA) is 116 Å². The fraction of sp³-hybridized carbons (Fsp3) is 0.476. The Hall–Kier alpha value is -2.33. The molecule has 30 heavy (non-hydrogen) atoms. The Morgan fingerprint density at radius 1 is 1.13 bits per heavy atom. The molecule has 0 unspecified atom stereocenters. The van der Waals surface area contributed by atoms with E-state index in [1.807, 2.05) is 6.92 Å². The van der Waals surface area contributed by atoms with Crippen molar-refractivity contribution in [2.75, 3.05) is 43.6 Å². The number of nitrogens with zero attached hydrogens (tertiary/aromatic N) is 1. The monoisotopic (exact) mass is 432 g/mol. The van der Waals surface area contributed by atoms with E-state index in [1.165, 1.54) is 11.3 Å². The van der Waals surface area contributed by atoms with Gasteiger partial charge in [-0.25, -0.2) is 4.98 Å². The summed E-state index contributed by atoms with van der Waals surface area (Å²) in [6, 6.07) is 6.92. The van der Waals surface area contributed by atoms with Crippen LogP contribution in [0, 0.1) is 6.92 Å². The summed E-state index contributed by atoms with van der Waals surface area (Å²) < 4.78 is 10.6. The van der Waals surface area contributed by atoms with Crippen LogP contribution < -0.4 is 16.4 Å². The van der Waals surface area contributed by atoms with Gasteiger partial charge in [-0.1, -0.05) is 12.1 Å². The van der Waals surface area contributed by atoms with E-state index in [9.17, 15) is 9.59 Å². The fourth-order valence-electron chi connectivity index (χ4n) is 2.93. The molecule has 162 valence electrons. The molecule has 0 aliphatic heterocycles. The molecule has 1 aromatic carbocycles. The molecule has 1 fully saturated rings. The number of anilines is 2. The normalized spacial score (nSPS) is 13.3. The van der Waals surface area contributed by atoms with Crippen LogP contribution in [0.25, 0.3) is 0 Å². The highest BCUT2D eigenvalue weighted by Gasteiger charge is 2.28. The van der Waals surface area contributed by atoms with Crippen LogP contribution >= 0.6 is 11.3 Å². The fourth-order valence-corrected chi connectivity index (χ4v) is 3.83. The smallest absolute Gasteiger partial charge is 0.259 e. The molecule has 2 amide bonds. The van der Waals surface area contributed by atoms with Gasteiger partial charge < -0.3 is 20.5 Å². The predicted molar refractivity (Wildman–Crippen MR) is 117 cm³/mol. The number of rotatable bonds is 12. The van der Waals surface area contributed by atoms with Gasteiger partial charge in [0, 0.05) is 17.3 Å². The van der Waals surface area contributed by atoms with E-state index in [-0.39, 0.29) is 24.8 Å². The highest BCUT2D eigenvalue weighted by atomic mass is 32.1. The molecule has 0 saturated heterocycles. The molecule has 2 aromatic rings. The van der Waals surface area contributed by atoms with Crippen molar-refractivity contribution in [3.05, 3.63) is 40.4 Å². The summed E-state index contributed by atoms with van der Waals surface area (Å²) >= 11 is 1.48. The standard InChI is InChI=1S/C21H28N4O4S/c1-14-19(15-6-7-15)24-21(30-14)25-20(27)16-4-2-3-5-17(16)23-18(26)8-10-28-12-13-29-11-9-22/h2-5,15H,6-13,22H2,1H3,(H,23,26)(H,24,25,27). The molecule has 3 rings (SSSR count). The van der Waals surface area contributed by atoms with E-state index in [4.69, 9.17) is 15.2 Å². The molecule has 8 nitrogen and oxygen atoms in total. The molecule has 1 aliphatic rings. The number of carbonyl (C=O) groups is 2. The van der Waals surface area contributed by atoms with E-state index in [0.717, 1.165) is 23.4 Å². The summed E-state index contributed by atoms with van der Waals surface area (Å²) in [5, 5.41) is 6.24. The zero-order valence-corrected chi connectivity index (χ0v) is 17.9. The van der Waals surface area contributed by atoms with Crippen LogP contribution in [0.5, 0.6) is 0 Å². The van der Waals surface area contributed by atoms with Crippen LogP contribution in [0.4, 0.5) is 10.8 Å². The Morgan fingerprint density at radius 2 is 1.87 bits per heavy atom. The molecular formula is C21H28N4O4S. The highest BCUT2D eigenvalue weighted by Crippen LogP contribution is 2.43. The average Bonchev–Trinajstić information content (AvgIpc) is 3.50. The molecule has 1 heterocycles. The Morgan fingerprint density at radius 3 is 2.60 bits per heavy atom. The number of thiazole rings is 1. The number of nitrogens with two attached hydrogens (primary N) is 1. The van der Waals surface area contributed by atoms with Gasteiger partial charge in [0.05, 0.1) is 49.8 Å². The van der Waals surface area contributed by atoms with Gasteiger partial charge in [0.2, 0.25) is 5.91 Å². The molecule has 4 N–H and O–H groups in total. The van der Waals surface area contributed by atoms with Crippen molar-refractivity contribution >= 4 is 34.0 Å². The number of amides is 2. The van der Waals surface area contributed by atoms with Crippen LogP contribution in [-0.4, -0.2) is 49.8 Å². The predicted octanol–water partition coefficient (Wildman–Crippen LogP) is 2.90. The molecule has 0 spiro atoms. The number of benzene rings is 1. The van der Waals surface area contributed by atoms with Gasteiger partial charge in [0.1, 0.15) is 0 Å². The molecule has 1 saturated carbocycles. The third-order valence-corrected chi connectivity index (χ3v) is 5.47. The summed E-state index contributed by atoms with van der Waals surface area (Å²) in [7, 11) is 0. The number of carbonyl (C=O) groups excluding carboxylic acids is 2. The van der Waals surface area contributed by atoms with Crippen molar-refractivity contribution < 1.29 is 19.1 Å². The minimum Gasteiger partial charge on any atom is -0.379 e. The molecule has 1 aliphatic carbocycles. The van der Waals surface area contributed by atoms with Crippen molar-refractivity contribution in [3.8, 4) is 0 Å². The molecule has 9 heteroatoms. The van der Waals surface area contributed by atoms with Crippen LogP contribution in [0.15, 0.2) is 24.3 Å². The Kier molecular flexibility index (Phi) is 8.32. The van der Waals surface area contributed by atoms with E-state index in [1.54, 1.807) is 24.3 Å². The maximum Gasteiger partial charge on any atom is 0.259 e. The Bertz CT molecular complexity index is 866. The third kappa shape index (κ3) is 6.60. The lowest BCUT2D eigenvalue weighted by Crippen LogP contribution is -2.19. The number of ether oxygens (including phenoxy) is 2. The second kappa shape index (κ2) is 11.2. The van der Waals surface area contributed by atoms with Crippen molar-refractivity contribution in [2.45, 2.75) is 32.1 Å². The van der Waals surface area contributed by atoms with Crippen molar-refractivity contribution in [1.29, 1.82) is 0 Å². The minimum atomic E-state index is -0.296. The lowest BCUT2D eigenvalue weighted by Gasteiger charge is -2.11. The second-order valence-electron chi connectivity index (χ2n) is 7.05. The summed E-state index contributed by atoms with van der Waals surface area (Å²) in [4.78, 5) is 30.7. The van der Waals surface area contributed by atoms with Gasteiger partial charge in [-0.3, -0.25) is 14.9 Å². The number of aromatic nitrogens is 1. The highest BCUT2D eigenvalue weighted by molar-refractivity contribution is 7.15. The molecule has 1 aromatic heterocycles. The second-order valence-corrected chi connectivity index (χ2v) is 8.25. The van der Waals surface area contributed by atoms with Gasteiger partial charge >= 0.3 is 0 Å². The summed E-state index contributed by atoms with van der Waals surface area (Å²) in [6.07, 6.45) is 2.51. The first-order valence-corrected chi connectivity index (χ1v) is 10.9. The summed E-state index contributed by atoms with van der Waals surface area (Å²) in [6.45, 7) is 4.11. The van der Waals surface area contributed by atoms with E-state index in [2.05, 4.69) is 15.6 Å². The first-order valence-electron chi connectivity index (χ1n) is 10.1. The molecule has 0 atom stereocenters. The zero-order chi connectivity index (χ0) is 21.3. The molecule has 0 bridgehead atoms. The number of nitrogens with one attached hydrogen (secondary N) is 2. The number of para-hydroxylation sites is 1.